The maximum atomic E-state index is 9.91. The van der Waals surface area contributed by atoms with Gasteiger partial charge in [-0.2, -0.15) is 0 Å². The van der Waals surface area contributed by atoms with E-state index in [4.69, 9.17) is 10.8 Å². The first-order chi connectivity index (χ1) is 4.74. The van der Waals surface area contributed by atoms with Crippen LogP contribution in [-0.4, -0.2) is 5.11 Å². The molecular formula is C6H6N2O2. The number of hydrogen-bond acceptors (Lipinski definition) is 4. The molecule has 10 heavy (non-hydrogen) atoms. The van der Waals surface area contributed by atoms with Crippen LogP contribution in [-0.2, 0) is 0 Å². The highest BCUT2D eigenvalue weighted by Gasteiger charge is 1.98. The topological polar surface area (TPSA) is 75.7 Å². The normalized spacial score (nSPS) is 9.20. The molecule has 0 aliphatic heterocycles. The first-order valence-electron chi connectivity index (χ1n) is 2.66. The molecule has 0 spiro atoms. The minimum Gasteiger partial charge on any atom is -0.506 e. The SMILES string of the molecule is Nc1ccc(O)c(N=O)c1. The molecule has 0 fully saturated rings. The summed E-state index contributed by atoms with van der Waals surface area (Å²) in [4.78, 5) is 9.91. The molecule has 0 bridgehead atoms. The van der Waals surface area contributed by atoms with E-state index in [1.807, 2.05) is 0 Å². The third kappa shape index (κ3) is 1.05. The molecular weight excluding hydrogens is 132 g/mol. The maximum absolute atomic E-state index is 9.91. The zero-order valence-electron chi connectivity index (χ0n) is 5.11. The largest absolute Gasteiger partial charge is 0.506 e. The fourth-order valence-electron chi connectivity index (χ4n) is 0.614. The van der Waals surface area contributed by atoms with E-state index >= 15 is 0 Å². The molecule has 52 valence electrons. The smallest absolute Gasteiger partial charge is 0.151 e. The average molecular weight is 138 g/mol. The summed E-state index contributed by atoms with van der Waals surface area (Å²) in [6.07, 6.45) is 0. The Bertz CT molecular complexity index is 260. The van der Waals surface area contributed by atoms with Crippen LogP contribution in [0.25, 0.3) is 0 Å². The molecule has 4 nitrogen and oxygen atoms in total. The Balaban J connectivity index is 3.21. The van der Waals surface area contributed by atoms with Crippen LogP contribution in [0.2, 0.25) is 0 Å². The Labute approximate surface area is 57.3 Å². The second-order valence-electron chi connectivity index (χ2n) is 1.84. The molecule has 0 radical (unpaired) electrons. The van der Waals surface area contributed by atoms with Gasteiger partial charge in [0.1, 0.15) is 5.75 Å². The van der Waals surface area contributed by atoms with Crippen LogP contribution in [0.5, 0.6) is 5.75 Å². The monoisotopic (exact) mass is 138 g/mol. The molecule has 0 heterocycles. The van der Waals surface area contributed by atoms with E-state index in [9.17, 15) is 4.91 Å². The van der Waals surface area contributed by atoms with E-state index in [0.717, 1.165) is 0 Å². The lowest BCUT2D eigenvalue weighted by Gasteiger charge is -1.94. The summed E-state index contributed by atoms with van der Waals surface area (Å²) in [5.41, 5.74) is 5.67. The van der Waals surface area contributed by atoms with Crippen molar-refractivity contribution in [2.45, 2.75) is 0 Å². The summed E-state index contributed by atoms with van der Waals surface area (Å²) in [5.74, 6) is -0.149. The number of hydrogen-bond donors (Lipinski definition) is 2. The Morgan fingerprint density at radius 1 is 1.50 bits per heavy atom. The number of phenols is 1. The fourth-order valence-corrected chi connectivity index (χ4v) is 0.614. The van der Waals surface area contributed by atoms with Gasteiger partial charge >= 0.3 is 0 Å². The minimum atomic E-state index is -0.149. The number of nitrogens with two attached hydrogens (primary N) is 1. The first kappa shape index (κ1) is 6.54. The summed E-state index contributed by atoms with van der Waals surface area (Å²) < 4.78 is 0. The van der Waals surface area contributed by atoms with Crippen molar-refractivity contribution in [3.63, 3.8) is 0 Å². The Morgan fingerprint density at radius 3 is 2.70 bits per heavy atom. The third-order valence-corrected chi connectivity index (χ3v) is 1.10. The summed E-state index contributed by atoms with van der Waals surface area (Å²) >= 11 is 0. The standard InChI is InChI=1S/C6H6N2O2/c7-4-1-2-6(9)5(3-4)8-10/h1-3,9H,7H2. The highest BCUT2D eigenvalue weighted by molar-refractivity contribution is 5.58. The molecule has 0 saturated heterocycles. The van der Waals surface area contributed by atoms with Gasteiger partial charge in [-0.25, -0.2) is 0 Å². The van der Waals surface area contributed by atoms with E-state index in [2.05, 4.69) is 5.18 Å². The number of benzene rings is 1. The van der Waals surface area contributed by atoms with Gasteiger partial charge in [0.05, 0.1) is 0 Å². The van der Waals surface area contributed by atoms with Crippen LogP contribution < -0.4 is 5.73 Å². The quantitative estimate of drug-likeness (QED) is 0.349. The van der Waals surface area contributed by atoms with Gasteiger partial charge in [0.15, 0.2) is 5.69 Å². The molecule has 0 aliphatic rings. The minimum absolute atomic E-state index is 0.0278. The van der Waals surface area contributed by atoms with Crippen LogP contribution in [0.3, 0.4) is 0 Å². The second kappa shape index (κ2) is 2.34. The molecule has 1 aromatic carbocycles. The Morgan fingerprint density at radius 2 is 2.20 bits per heavy atom. The van der Waals surface area contributed by atoms with E-state index in [-0.39, 0.29) is 11.4 Å². The predicted molar refractivity (Wildman–Crippen MR) is 38.0 cm³/mol. The molecule has 4 heteroatoms. The molecule has 3 N–H and O–H groups in total. The van der Waals surface area contributed by atoms with Gasteiger partial charge in [-0.15, -0.1) is 4.91 Å². The van der Waals surface area contributed by atoms with Crippen molar-refractivity contribution in [2.75, 3.05) is 5.73 Å². The van der Waals surface area contributed by atoms with Gasteiger partial charge in [-0.05, 0) is 23.4 Å². The van der Waals surface area contributed by atoms with Crippen LogP contribution in [0.1, 0.15) is 0 Å². The number of rotatable bonds is 1. The van der Waals surface area contributed by atoms with E-state index in [0.29, 0.717) is 5.69 Å². The molecule has 1 aromatic rings. The Kier molecular flexibility index (Phi) is 1.53. The summed E-state index contributed by atoms with van der Waals surface area (Å²) in [7, 11) is 0. The second-order valence-corrected chi connectivity index (χ2v) is 1.84. The lowest BCUT2D eigenvalue weighted by atomic mass is 10.3. The lowest BCUT2D eigenvalue weighted by Crippen LogP contribution is -1.81. The maximum Gasteiger partial charge on any atom is 0.151 e. The molecule has 0 aromatic heterocycles. The van der Waals surface area contributed by atoms with Crippen LogP contribution >= 0.6 is 0 Å². The lowest BCUT2D eigenvalue weighted by molar-refractivity contribution is 0.477. The van der Waals surface area contributed by atoms with Gasteiger partial charge < -0.3 is 10.8 Å². The van der Waals surface area contributed by atoms with Crippen LogP contribution in [0.15, 0.2) is 23.4 Å². The van der Waals surface area contributed by atoms with E-state index < -0.39 is 0 Å². The van der Waals surface area contributed by atoms with Crippen molar-refractivity contribution in [2.24, 2.45) is 5.18 Å². The number of nitrogen functional groups attached to an aromatic ring is 1. The highest BCUT2D eigenvalue weighted by atomic mass is 16.3. The third-order valence-electron chi connectivity index (χ3n) is 1.10. The van der Waals surface area contributed by atoms with Gasteiger partial charge in [-0.1, -0.05) is 0 Å². The number of nitroso groups, excluding NO2 is 1. The van der Waals surface area contributed by atoms with Crippen molar-refractivity contribution in [1.29, 1.82) is 0 Å². The fraction of sp³-hybridized carbons (Fsp3) is 0. The molecule has 0 unspecified atom stereocenters. The average Bonchev–Trinajstić information content (AvgIpc) is 1.94. The van der Waals surface area contributed by atoms with Crippen LogP contribution in [0, 0.1) is 4.91 Å². The molecule has 0 atom stereocenters. The van der Waals surface area contributed by atoms with Gasteiger partial charge in [-0.3, -0.25) is 0 Å². The molecule has 0 aliphatic carbocycles. The Hall–Kier alpha value is -1.58. The summed E-state index contributed by atoms with van der Waals surface area (Å²) in [5, 5.41) is 11.4. The van der Waals surface area contributed by atoms with Gasteiger partial charge in [0.2, 0.25) is 0 Å². The number of phenolic OH excluding ortho intramolecular Hbond substituents is 1. The molecule has 0 saturated carbocycles. The van der Waals surface area contributed by atoms with Crippen molar-refractivity contribution >= 4 is 11.4 Å². The zero-order chi connectivity index (χ0) is 7.56. The molecule has 1 rings (SSSR count). The first-order valence-corrected chi connectivity index (χ1v) is 2.66. The predicted octanol–water partition coefficient (Wildman–Crippen LogP) is 1.37. The van der Waals surface area contributed by atoms with Crippen LogP contribution in [0.4, 0.5) is 11.4 Å². The van der Waals surface area contributed by atoms with Crippen molar-refractivity contribution in [3.05, 3.63) is 23.1 Å². The summed E-state index contributed by atoms with van der Waals surface area (Å²) in [6.45, 7) is 0. The molecule has 0 amide bonds. The zero-order valence-corrected chi connectivity index (χ0v) is 5.11. The summed E-state index contributed by atoms with van der Waals surface area (Å²) in [6, 6.07) is 4.12. The van der Waals surface area contributed by atoms with Gasteiger partial charge in [0.25, 0.3) is 0 Å². The van der Waals surface area contributed by atoms with Crippen molar-refractivity contribution in [1.82, 2.24) is 0 Å². The highest BCUT2D eigenvalue weighted by Crippen LogP contribution is 2.27. The van der Waals surface area contributed by atoms with Gasteiger partial charge in [0, 0.05) is 5.69 Å². The number of anilines is 1. The van der Waals surface area contributed by atoms with Crippen molar-refractivity contribution < 1.29 is 5.11 Å². The van der Waals surface area contributed by atoms with E-state index in [1.165, 1.54) is 18.2 Å². The number of aromatic hydroxyl groups is 1. The van der Waals surface area contributed by atoms with Crippen molar-refractivity contribution in [3.8, 4) is 5.75 Å². The van der Waals surface area contributed by atoms with E-state index in [1.54, 1.807) is 0 Å². The number of nitrogens with zero attached hydrogens (tertiary/aromatic N) is 1.